The van der Waals surface area contributed by atoms with Crippen LogP contribution in [0.4, 0.5) is 11.5 Å². The van der Waals surface area contributed by atoms with E-state index in [9.17, 15) is 4.79 Å². The monoisotopic (exact) mass is 324 g/mol. The molecule has 0 radical (unpaired) electrons. The van der Waals surface area contributed by atoms with Crippen LogP contribution in [0.5, 0.6) is 0 Å². The molecule has 3 aromatic heterocycles. The molecule has 0 spiro atoms. The molecule has 24 heavy (non-hydrogen) atoms. The van der Waals surface area contributed by atoms with Gasteiger partial charge in [0.1, 0.15) is 6.33 Å². The summed E-state index contributed by atoms with van der Waals surface area (Å²) in [6.07, 6.45) is 4.81. The van der Waals surface area contributed by atoms with Crippen LogP contribution in [0, 0.1) is 5.92 Å². The Bertz CT molecular complexity index is 872. The lowest BCUT2D eigenvalue weighted by Crippen LogP contribution is -2.52. The molecule has 0 aliphatic carbocycles. The number of nitrogens with one attached hydrogen (secondary N) is 1. The molecule has 122 valence electrons. The predicted octanol–water partition coefficient (Wildman–Crippen LogP) is 0.711. The van der Waals surface area contributed by atoms with Gasteiger partial charge in [-0.2, -0.15) is 0 Å². The first-order chi connectivity index (χ1) is 11.8. The van der Waals surface area contributed by atoms with Crippen molar-refractivity contribution in [1.82, 2.24) is 29.9 Å². The molecule has 0 unspecified atom stereocenters. The highest BCUT2D eigenvalue weighted by atomic mass is 16.2. The second-order valence-electron chi connectivity index (χ2n) is 5.61. The molecule has 0 bridgehead atoms. The summed E-state index contributed by atoms with van der Waals surface area (Å²) < 4.78 is 1.73. The summed E-state index contributed by atoms with van der Waals surface area (Å²) in [5.41, 5.74) is 2.09. The van der Waals surface area contributed by atoms with Gasteiger partial charge in [0.15, 0.2) is 17.0 Å². The molecule has 1 amide bonds. The number of carbonyl (C=O) groups is 1. The number of aryl methyl sites for hydroxylation is 1. The number of hydrogen-bond acceptors (Lipinski definition) is 7. The summed E-state index contributed by atoms with van der Waals surface area (Å²) in [5, 5.41) is 11.1. The van der Waals surface area contributed by atoms with E-state index in [-0.39, 0.29) is 11.8 Å². The van der Waals surface area contributed by atoms with E-state index in [1.54, 1.807) is 23.1 Å². The number of aromatic nitrogens is 6. The van der Waals surface area contributed by atoms with Crippen LogP contribution in [0.15, 0.2) is 30.9 Å². The van der Waals surface area contributed by atoms with Crippen LogP contribution in [-0.2, 0) is 11.3 Å². The van der Waals surface area contributed by atoms with E-state index < -0.39 is 0 Å². The number of fused-ring (bicyclic) bond motifs is 1. The standard InChI is InChI=1S/C15H16N8O/c1-2-23-14-12(20-21-23)13(17-9-18-14)22-7-10(8-22)15(24)19-11-4-3-5-16-6-11/h3-6,9-10H,2,7-8H2,1H3,(H,19,24). The highest BCUT2D eigenvalue weighted by Gasteiger charge is 2.35. The van der Waals surface area contributed by atoms with Crippen molar-refractivity contribution >= 4 is 28.6 Å². The number of anilines is 2. The number of rotatable bonds is 4. The Morgan fingerprint density at radius 1 is 1.38 bits per heavy atom. The molecule has 9 heteroatoms. The predicted molar refractivity (Wildman–Crippen MR) is 87.4 cm³/mol. The highest BCUT2D eigenvalue weighted by Crippen LogP contribution is 2.28. The molecular formula is C15H16N8O. The average molecular weight is 324 g/mol. The maximum atomic E-state index is 12.3. The Balaban J connectivity index is 1.46. The van der Waals surface area contributed by atoms with Gasteiger partial charge >= 0.3 is 0 Å². The SMILES string of the molecule is CCn1nnc2c(N3CC(C(=O)Nc4cccnc4)C3)ncnc21. The van der Waals surface area contributed by atoms with Gasteiger partial charge < -0.3 is 10.2 Å². The van der Waals surface area contributed by atoms with E-state index in [2.05, 4.69) is 30.6 Å². The van der Waals surface area contributed by atoms with Crippen molar-refractivity contribution in [1.29, 1.82) is 0 Å². The van der Waals surface area contributed by atoms with Gasteiger partial charge in [-0.15, -0.1) is 5.10 Å². The lowest BCUT2D eigenvalue weighted by atomic mass is 9.99. The number of hydrogen-bond donors (Lipinski definition) is 1. The van der Waals surface area contributed by atoms with Crippen LogP contribution in [-0.4, -0.2) is 48.9 Å². The Morgan fingerprint density at radius 3 is 3.00 bits per heavy atom. The zero-order valence-electron chi connectivity index (χ0n) is 13.1. The quantitative estimate of drug-likeness (QED) is 0.754. The molecule has 1 aliphatic rings. The zero-order chi connectivity index (χ0) is 16.5. The molecule has 1 N–H and O–H groups in total. The Labute approximate surface area is 137 Å². The van der Waals surface area contributed by atoms with Crippen LogP contribution >= 0.6 is 0 Å². The Kier molecular flexibility index (Phi) is 3.52. The molecule has 1 aliphatic heterocycles. The van der Waals surface area contributed by atoms with Gasteiger partial charge in [0.25, 0.3) is 0 Å². The number of nitrogens with zero attached hydrogens (tertiary/aromatic N) is 7. The molecule has 0 aromatic carbocycles. The van der Waals surface area contributed by atoms with Gasteiger partial charge in [0.2, 0.25) is 5.91 Å². The first-order valence-corrected chi connectivity index (χ1v) is 7.76. The van der Waals surface area contributed by atoms with Crippen LogP contribution < -0.4 is 10.2 Å². The fourth-order valence-electron chi connectivity index (χ4n) is 2.72. The van der Waals surface area contributed by atoms with Crippen molar-refractivity contribution in [2.45, 2.75) is 13.5 Å². The minimum Gasteiger partial charge on any atom is -0.353 e. The number of amides is 1. The van der Waals surface area contributed by atoms with Crippen molar-refractivity contribution < 1.29 is 4.79 Å². The van der Waals surface area contributed by atoms with Crippen LogP contribution in [0.2, 0.25) is 0 Å². The normalized spacial score (nSPS) is 14.6. The Morgan fingerprint density at radius 2 is 2.25 bits per heavy atom. The molecule has 9 nitrogen and oxygen atoms in total. The number of pyridine rings is 1. The maximum Gasteiger partial charge on any atom is 0.231 e. The molecule has 1 fully saturated rings. The van der Waals surface area contributed by atoms with Gasteiger partial charge in [-0.05, 0) is 19.1 Å². The lowest BCUT2D eigenvalue weighted by molar-refractivity contribution is -0.120. The molecule has 0 saturated carbocycles. The average Bonchev–Trinajstić information content (AvgIpc) is 2.98. The fraction of sp³-hybridized carbons (Fsp3) is 0.333. The van der Waals surface area contributed by atoms with Crippen molar-refractivity contribution in [3.63, 3.8) is 0 Å². The van der Waals surface area contributed by atoms with Crippen molar-refractivity contribution in [2.24, 2.45) is 5.92 Å². The summed E-state index contributed by atoms with van der Waals surface area (Å²) in [4.78, 5) is 26.8. The maximum absolute atomic E-state index is 12.3. The molecule has 1 saturated heterocycles. The fourth-order valence-corrected chi connectivity index (χ4v) is 2.72. The summed E-state index contributed by atoms with van der Waals surface area (Å²) in [5.74, 6) is 0.628. The van der Waals surface area contributed by atoms with E-state index >= 15 is 0 Å². The van der Waals surface area contributed by atoms with Crippen LogP contribution in [0.25, 0.3) is 11.2 Å². The number of carbonyl (C=O) groups excluding carboxylic acids is 1. The van der Waals surface area contributed by atoms with Crippen molar-refractivity contribution in [2.75, 3.05) is 23.3 Å². The summed E-state index contributed by atoms with van der Waals surface area (Å²) in [6, 6.07) is 3.61. The zero-order valence-corrected chi connectivity index (χ0v) is 13.1. The first kappa shape index (κ1) is 14.5. The van der Waals surface area contributed by atoms with Gasteiger partial charge in [-0.3, -0.25) is 9.78 Å². The van der Waals surface area contributed by atoms with E-state index in [0.29, 0.717) is 36.5 Å². The van der Waals surface area contributed by atoms with Gasteiger partial charge in [-0.1, -0.05) is 5.21 Å². The molecule has 3 aromatic rings. The van der Waals surface area contributed by atoms with Crippen LogP contribution in [0.3, 0.4) is 0 Å². The molecule has 0 atom stereocenters. The topological polar surface area (TPSA) is 102 Å². The summed E-state index contributed by atoms with van der Waals surface area (Å²) in [6.45, 7) is 3.87. The third kappa shape index (κ3) is 2.43. The Hall–Kier alpha value is -3.10. The van der Waals surface area contributed by atoms with Crippen molar-refractivity contribution in [3.05, 3.63) is 30.9 Å². The lowest BCUT2D eigenvalue weighted by Gasteiger charge is -2.38. The molecule has 4 rings (SSSR count). The van der Waals surface area contributed by atoms with E-state index in [4.69, 9.17) is 0 Å². The van der Waals surface area contributed by atoms with Gasteiger partial charge in [0.05, 0.1) is 17.8 Å². The smallest absolute Gasteiger partial charge is 0.231 e. The second kappa shape index (κ2) is 5.84. The minimum absolute atomic E-state index is 0.0123. The highest BCUT2D eigenvalue weighted by molar-refractivity contribution is 5.95. The van der Waals surface area contributed by atoms with Gasteiger partial charge in [0, 0.05) is 25.8 Å². The van der Waals surface area contributed by atoms with E-state index in [1.807, 2.05) is 17.9 Å². The minimum atomic E-state index is -0.0866. The molecule has 4 heterocycles. The van der Waals surface area contributed by atoms with Gasteiger partial charge in [-0.25, -0.2) is 14.6 Å². The van der Waals surface area contributed by atoms with E-state index in [0.717, 1.165) is 5.82 Å². The third-order valence-corrected chi connectivity index (χ3v) is 4.06. The largest absolute Gasteiger partial charge is 0.353 e. The van der Waals surface area contributed by atoms with Crippen molar-refractivity contribution in [3.8, 4) is 0 Å². The summed E-state index contributed by atoms with van der Waals surface area (Å²) in [7, 11) is 0. The molecular weight excluding hydrogens is 308 g/mol. The first-order valence-electron chi connectivity index (χ1n) is 7.76. The third-order valence-electron chi connectivity index (χ3n) is 4.06. The second-order valence-corrected chi connectivity index (χ2v) is 5.61. The van der Waals surface area contributed by atoms with E-state index in [1.165, 1.54) is 6.33 Å². The summed E-state index contributed by atoms with van der Waals surface area (Å²) >= 11 is 0. The van der Waals surface area contributed by atoms with Crippen LogP contribution in [0.1, 0.15) is 6.92 Å².